The van der Waals surface area contributed by atoms with Crippen LogP contribution in [0.15, 0.2) is 122 Å². The van der Waals surface area contributed by atoms with Gasteiger partial charge < -0.3 is 14.2 Å². The van der Waals surface area contributed by atoms with Gasteiger partial charge in [-0.05, 0) is 109 Å². The Hall–Kier alpha value is -4.19. The first-order chi connectivity index (χ1) is 33.0. The van der Waals surface area contributed by atoms with Crippen LogP contribution in [0.4, 0.5) is 0 Å². The zero-order valence-electron chi connectivity index (χ0n) is 43.1. The topological polar surface area (TPSA) is 78.9 Å². The van der Waals surface area contributed by atoms with Crippen LogP contribution >= 0.6 is 0 Å². The lowest BCUT2D eigenvalue weighted by Gasteiger charge is -2.18. The van der Waals surface area contributed by atoms with Crippen LogP contribution in [0.3, 0.4) is 0 Å². The normalized spacial score (nSPS) is 13.1. The third kappa shape index (κ3) is 52.6. The molecule has 0 aliphatic rings. The summed E-state index contributed by atoms with van der Waals surface area (Å²) in [7, 11) is 0. The van der Waals surface area contributed by atoms with Crippen LogP contribution in [-0.4, -0.2) is 37.2 Å². The monoisotopic (exact) mass is 927 g/mol. The number of hydrogen-bond acceptors (Lipinski definition) is 6. The number of unbranched alkanes of at least 4 members (excludes halogenated alkanes) is 16. The van der Waals surface area contributed by atoms with E-state index in [0.29, 0.717) is 19.3 Å². The highest BCUT2D eigenvalue weighted by Gasteiger charge is 2.19. The first kappa shape index (κ1) is 62.8. The minimum Gasteiger partial charge on any atom is -0.462 e. The van der Waals surface area contributed by atoms with Crippen LogP contribution < -0.4 is 0 Å². The molecule has 0 aromatic heterocycles. The second-order valence-electron chi connectivity index (χ2n) is 17.4. The number of hydrogen-bond donors (Lipinski definition) is 0. The van der Waals surface area contributed by atoms with E-state index < -0.39 is 6.10 Å². The molecule has 0 aromatic carbocycles. The number of esters is 3. The predicted octanol–water partition coefficient (Wildman–Crippen LogP) is 18.1. The molecule has 0 N–H and O–H groups in total. The molecule has 0 rings (SSSR count). The van der Waals surface area contributed by atoms with Crippen molar-refractivity contribution in [3.05, 3.63) is 122 Å². The molecule has 378 valence electrons. The van der Waals surface area contributed by atoms with Gasteiger partial charge in [-0.3, -0.25) is 14.4 Å². The van der Waals surface area contributed by atoms with Gasteiger partial charge in [-0.2, -0.15) is 0 Å². The molecule has 0 radical (unpaired) electrons. The van der Waals surface area contributed by atoms with E-state index in [2.05, 4.69) is 142 Å². The van der Waals surface area contributed by atoms with E-state index in [1.807, 2.05) is 0 Å². The summed E-state index contributed by atoms with van der Waals surface area (Å²) in [5, 5.41) is 0. The van der Waals surface area contributed by atoms with Crippen molar-refractivity contribution in [3.8, 4) is 0 Å². The number of rotatable bonds is 47. The van der Waals surface area contributed by atoms with Gasteiger partial charge in [-0.15, -0.1) is 0 Å². The van der Waals surface area contributed by atoms with Crippen molar-refractivity contribution in [2.24, 2.45) is 0 Å². The maximum absolute atomic E-state index is 12.7. The van der Waals surface area contributed by atoms with Crippen LogP contribution in [0.5, 0.6) is 0 Å². The second-order valence-corrected chi connectivity index (χ2v) is 17.4. The number of carbonyl (C=O) groups excluding carboxylic acids is 3. The Morgan fingerprint density at radius 2 is 0.582 bits per heavy atom. The van der Waals surface area contributed by atoms with Crippen molar-refractivity contribution >= 4 is 17.9 Å². The van der Waals surface area contributed by atoms with Gasteiger partial charge >= 0.3 is 17.9 Å². The van der Waals surface area contributed by atoms with Gasteiger partial charge in [0, 0.05) is 19.3 Å². The fraction of sp³-hybridized carbons (Fsp3) is 0.623. The summed E-state index contributed by atoms with van der Waals surface area (Å²) in [6, 6.07) is 0. The Balaban J connectivity index is 4.18. The lowest BCUT2D eigenvalue weighted by atomic mass is 10.1. The van der Waals surface area contributed by atoms with Crippen LogP contribution in [0.1, 0.15) is 226 Å². The molecule has 0 amide bonds. The minimum absolute atomic E-state index is 0.0942. The average molecular weight is 927 g/mol. The Morgan fingerprint density at radius 3 is 0.910 bits per heavy atom. The molecule has 0 heterocycles. The van der Waals surface area contributed by atoms with E-state index >= 15 is 0 Å². The Kier molecular flexibility index (Phi) is 51.0. The van der Waals surface area contributed by atoms with Gasteiger partial charge in [0.1, 0.15) is 13.2 Å². The SMILES string of the molecule is CC/C=C\C/C=C\C/C=C\C/C=C\C/C=C\C/C=C\CCCCCCCCCCC(=O)OCC(COC(=O)CCCCCCC)OC(=O)CCCCCC/C=C\C/C=C\C/C=C\C/C=C\CC. The Morgan fingerprint density at radius 1 is 0.313 bits per heavy atom. The summed E-state index contributed by atoms with van der Waals surface area (Å²) < 4.78 is 16.7. The van der Waals surface area contributed by atoms with Gasteiger partial charge in [0.2, 0.25) is 0 Å². The highest BCUT2D eigenvalue weighted by Crippen LogP contribution is 2.13. The van der Waals surface area contributed by atoms with Gasteiger partial charge in [-0.25, -0.2) is 0 Å². The molecule has 0 spiro atoms. The van der Waals surface area contributed by atoms with Crippen molar-refractivity contribution in [1.82, 2.24) is 0 Å². The predicted molar refractivity (Wildman–Crippen MR) is 288 cm³/mol. The lowest BCUT2D eigenvalue weighted by Crippen LogP contribution is -2.30. The first-order valence-electron chi connectivity index (χ1n) is 27.0. The number of allylic oxidation sites excluding steroid dienone is 20. The zero-order valence-corrected chi connectivity index (χ0v) is 43.1. The van der Waals surface area contributed by atoms with Gasteiger partial charge in [0.05, 0.1) is 0 Å². The molecule has 0 bridgehead atoms. The molecule has 67 heavy (non-hydrogen) atoms. The molecule has 0 fully saturated rings. The largest absolute Gasteiger partial charge is 0.462 e. The van der Waals surface area contributed by atoms with E-state index in [1.54, 1.807) is 0 Å². The number of carbonyl (C=O) groups is 3. The highest BCUT2D eigenvalue weighted by molar-refractivity contribution is 5.71. The zero-order chi connectivity index (χ0) is 48.6. The molecule has 0 saturated carbocycles. The smallest absolute Gasteiger partial charge is 0.306 e. The molecule has 0 aromatic rings. The van der Waals surface area contributed by atoms with Crippen molar-refractivity contribution in [1.29, 1.82) is 0 Å². The van der Waals surface area contributed by atoms with Gasteiger partial charge in [0.15, 0.2) is 6.10 Å². The molecule has 0 aliphatic heterocycles. The second kappa shape index (κ2) is 54.4. The first-order valence-corrected chi connectivity index (χ1v) is 27.0. The van der Waals surface area contributed by atoms with E-state index in [0.717, 1.165) is 154 Å². The van der Waals surface area contributed by atoms with Crippen LogP contribution in [-0.2, 0) is 28.6 Å². The minimum atomic E-state index is -0.793. The maximum Gasteiger partial charge on any atom is 0.306 e. The van der Waals surface area contributed by atoms with Crippen LogP contribution in [0.25, 0.3) is 0 Å². The highest BCUT2D eigenvalue weighted by atomic mass is 16.6. The summed E-state index contributed by atoms with van der Waals surface area (Å²) in [5.74, 6) is -0.947. The van der Waals surface area contributed by atoms with E-state index in [9.17, 15) is 14.4 Å². The third-order valence-corrected chi connectivity index (χ3v) is 11.0. The summed E-state index contributed by atoms with van der Waals surface area (Å²) in [6.07, 6.45) is 75.1. The molecule has 0 saturated heterocycles. The summed E-state index contributed by atoms with van der Waals surface area (Å²) in [4.78, 5) is 37.7. The van der Waals surface area contributed by atoms with Gasteiger partial charge in [-0.1, -0.05) is 219 Å². The fourth-order valence-electron chi connectivity index (χ4n) is 6.96. The molecule has 1 atom stereocenters. The van der Waals surface area contributed by atoms with E-state index in [-0.39, 0.29) is 31.1 Å². The molecular weight excluding hydrogens is 829 g/mol. The quantitative estimate of drug-likeness (QED) is 0.0262. The third-order valence-electron chi connectivity index (χ3n) is 11.0. The average Bonchev–Trinajstić information content (AvgIpc) is 3.33. The van der Waals surface area contributed by atoms with Crippen molar-refractivity contribution < 1.29 is 28.6 Å². The summed E-state index contributed by atoms with van der Waals surface area (Å²) >= 11 is 0. The van der Waals surface area contributed by atoms with E-state index in [1.165, 1.54) is 32.1 Å². The lowest BCUT2D eigenvalue weighted by molar-refractivity contribution is -0.167. The maximum atomic E-state index is 12.7. The van der Waals surface area contributed by atoms with Crippen molar-refractivity contribution in [3.63, 3.8) is 0 Å². The molecular formula is C61H98O6. The van der Waals surface area contributed by atoms with Crippen LogP contribution in [0, 0.1) is 0 Å². The summed E-state index contributed by atoms with van der Waals surface area (Å²) in [5.41, 5.74) is 0. The molecule has 6 nitrogen and oxygen atoms in total. The Labute approximate surface area is 412 Å². The van der Waals surface area contributed by atoms with Crippen molar-refractivity contribution in [2.45, 2.75) is 232 Å². The van der Waals surface area contributed by atoms with E-state index in [4.69, 9.17) is 14.2 Å². The molecule has 0 aliphatic carbocycles. The molecule has 1 unspecified atom stereocenters. The molecule has 6 heteroatoms. The summed E-state index contributed by atoms with van der Waals surface area (Å²) in [6.45, 7) is 6.28. The fourth-order valence-corrected chi connectivity index (χ4v) is 6.96. The number of ether oxygens (including phenoxy) is 3. The van der Waals surface area contributed by atoms with Crippen molar-refractivity contribution in [2.75, 3.05) is 13.2 Å². The van der Waals surface area contributed by atoms with Crippen LogP contribution in [0.2, 0.25) is 0 Å². The Bertz CT molecular complexity index is 1440. The standard InChI is InChI=1S/C61H98O6/c1-4-7-10-13-15-17-19-21-23-25-26-27-28-29-30-31-32-33-34-36-37-39-41-43-45-48-51-54-60(63)66-57-58(56-65-59(62)53-50-47-12-9-6-3)67-61(64)55-52-49-46-44-42-40-38-35-24-22-20-18-16-14-11-8-5-2/h7-8,10-11,15-18,21-24,26-27,29-30,32-33,38,40,58H,4-6,9,12-14,19-20,25,28,31,34-37,39,41-57H2,1-3H3/b10-7-,11-8-,17-15-,18-16-,23-21-,24-22-,27-26-,30-29-,33-32-,40-38-. The van der Waals surface area contributed by atoms with Gasteiger partial charge in [0.25, 0.3) is 0 Å².